The normalized spacial score (nSPS) is 11.9. The number of aromatic nitrogens is 1. The zero-order valence-corrected chi connectivity index (χ0v) is 13.5. The predicted octanol–water partition coefficient (Wildman–Crippen LogP) is 1.96. The van der Waals surface area contributed by atoms with Crippen molar-refractivity contribution >= 4 is 23.2 Å². The number of amides is 1. The Labute approximate surface area is 138 Å². The average Bonchev–Trinajstić information content (AvgIpc) is 3.00. The molecule has 0 aliphatic heterocycles. The maximum Gasteiger partial charge on any atom is 0.326 e. The van der Waals surface area contributed by atoms with Crippen LogP contribution in [0.1, 0.15) is 12.1 Å². The van der Waals surface area contributed by atoms with Crippen LogP contribution in [-0.2, 0) is 20.7 Å². The van der Waals surface area contributed by atoms with Crippen LogP contribution in [-0.4, -0.2) is 41.7 Å². The third-order valence-electron chi connectivity index (χ3n) is 3.16. The van der Waals surface area contributed by atoms with Gasteiger partial charge in [-0.15, -0.1) is 11.3 Å². The van der Waals surface area contributed by atoms with E-state index in [1.54, 1.807) is 0 Å². The molecule has 0 fully saturated rings. The molecule has 1 amide bonds. The van der Waals surface area contributed by atoms with Crippen LogP contribution in [0.15, 0.2) is 35.7 Å². The first kappa shape index (κ1) is 17.1. The van der Waals surface area contributed by atoms with E-state index in [2.05, 4.69) is 10.3 Å². The molecule has 1 heterocycles. The van der Waals surface area contributed by atoms with E-state index in [-0.39, 0.29) is 25.4 Å². The molecule has 0 aliphatic rings. The summed E-state index contributed by atoms with van der Waals surface area (Å²) >= 11 is 1.46. The highest BCUT2D eigenvalue weighted by molar-refractivity contribution is 7.13. The number of carboxylic acid groups (broad SMARTS) is 1. The van der Waals surface area contributed by atoms with Crippen molar-refractivity contribution in [1.29, 1.82) is 0 Å². The summed E-state index contributed by atoms with van der Waals surface area (Å²) in [6, 6.07) is 8.74. The fourth-order valence-corrected chi connectivity index (χ4v) is 2.83. The van der Waals surface area contributed by atoms with E-state index in [1.165, 1.54) is 18.4 Å². The van der Waals surface area contributed by atoms with Crippen LogP contribution in [0.5, 0.6) is 0 Å². The number of thiazole rings is 1. The molecule has 2 aromatic rings. The highest BCUT2D eigenvalue weighted by Crippen LogP contribution is 2.23. The van der Waals surface area contributed by atoms with Crippen LogP contribution >= 0.6 is 11.3 Å². The lowest BCUT2D eigenvalue weighted by Gasteiger charge is -2.13. The number of hydrogen-bond acceptors (Lipinski definition) is 5. The summed E-state index contributed by atoms with van der Waals surface area (Å²) in [7, 11) is 1.49. The monoisotopic (exact) mass is 334 g/mol. The molecule has 0 radical (unpaired) electrons. The van der Waals surface area contributed by atoms with Gasteiger partial charge in [-0.05, 0) is 0 Å². The third kappa shape index (κ3) is 5.15. The Bertz CT molecular complexity index is 657. The minimum Gasteiger partial charge on any atom is -0.480 e. The Morgan fingerprint density at radius 2 is 2.09 bits per heavy atom. The van der Waals surface area contributed by atoms with E-state index in [0.29, 0.717) is 5.69 Å². The van der Waals surface area contributed by atoms with Crippen molar-refractivity contribution in [3.63, 3.8) is 0 Å². The van der Waals surface area contributed by atoms with Crippen LogP contribution < -0.4 is 5.32 Å². The van der Waals surface area contributed by atoms with Gasteiger partial charge >= 0.3 is 5.97 Å². The van der Waals surface area contributed by atoms with E-state index < -0.39 is 12.0 Å². The Hall–Kier alpha value is -2.25. The summed E-state index contributed by atoms with van der Waals surface area (Å²) in [6.07, 6.45) is 0.282. The van der Waals surface area contributed by atoms with Crippen LogP contribution in [0.2, 0.25) is 0 Å². The van der Waals surface area contributed by atoms with Crippen molar-refractivity contribution in [2.24, 2.45) is 0 Å². The zero-order valence-electron chi connectivity index (χ0n) is 12.7. The molecule has 0 saturated carbocycles. The maximum absolute atomic E-state index is 12.0. The number of benzene rings is 1. The minimum absolute atomic E-state index is 0.0557. The third-order valence-corrected chi connectivity index (χ3v) is 4.10. The molecule has 1 aromatic heterocycles. The molecule has 6 nitrogen and oxygen atoms in total. The van der Waals surface area contributed by atoms with Gasteiger partial charge in [0.05, 0.1) is 12.1 Å². The van der Waals surface area contributed by atoms with Gasteiger partial charge in [0.2, 0.25) is 5.91 Å². The number of methoxy groups -OCH3 is 1. The fraction of sp³-hybridized carbons (Fsp3) is 0.312. The SMILES string of the molecule is COCCC(NC(=O)Cc1csc(-c2ccccc2)n1)C(=O)O. The first-order chi connectivity index (χ1) is 11.1. The second-order valence-electron chi connectivity index (χ2n) is 4.93. The molecule has 0 bridgehead atoms. The first-order valence-corrected chi connectivity index (χ1v) is 7.99. The largest absolute Gasteiger partial charge is 0.480 e. The maximum atomic E-state index is 12.0. The zero-order chi connectivity index (χ0) is 16.7. The highest BCUT2D eigenvalue weighted by Gasteiger charge is 2.20. The number of nitrogens with zero attached hydrogens (tertiary/aromatic N) is 1. The van der Waals surface area contributed by atoms with Gasteiger partial charge in [-0.3, -0.25) is 4.79 Å². The molecule has 2 N–H and O–H groups in total. The van der Waals surface area contributed by atoms with Gasteiger partial charge in [0, 0.05) is 31.1 Å². The van der Waals surface area contributed by atoms with E-state index >= 15 is 0 Å². The molecule has 2 rings (SSSR count). The van der Waals surface area contributed by atoms with E-state index in [9.17, 15) is 9.59 Å². The average molecular weight is 334 g/mol. The van der Waals surface area contributed by atoms with Gasteiger partial charge in [-0.25, -0.2) is 9.78 Å². The molecule has 122 valence electrons. The van der Waals surface area contributed by atoms with Crippen LogP contribution in [0, 0.1) is 0 Å². The molecule has 7 heteroatoms. The lowest BCUT2D eigenvalue weighted by molar-refractivity contribution is -0.142. The van der Waals surface area contributed by atoms with Gasteiger partial charge in [0.1, 0.15) is 11.0 Å². The van der Waals surface area contributed by atoms with Crippen LogP contribution in [0.25, 0.3) is 10.6 Å². The van der Waals surface area contributed by atoms with Gasteiger partial charge in [-0.2, -0.15) is 0 Å². The van der Waals surface area contributed by atoms with Gasteiger partial charge in [0.25, 0.3) is 0 Å². The number of carbonyl (C=O) groups is 2. The second-order valence-corrected chi connectivity index (χ2v) is 5.78. The van der Waals surface area contributed by atoms with Crippen molar-refractivity contribution < 1.29 is 19.4 Å². The number of carbonyl (C=O) groups excluding carboxylic acids is 1. The molecule has 0 saturated heterocycles. The van der Waals surface area contributed by atoms with Crippen molar-refractivity contribution in [2.75, 3.05) is 13.7 Å². The molecule has 23 heavy (non-hydrogen) atoms. The molecule has 0 aliphatic carbocycles. The Kier molecular flexibility index (Phi) is 6.25. The van der Waals surface area contributed by atoms with E-state index in [0.717, 1.165) is 10.6 Å². The van der Waals surface area contributed by atoms with Gasteiger partial charge in [-0.1, -0.05) is 30.3 Å². The van der Waals surface area contributed by atoms with Crippen molar-refractivity contribution in [1.82, 2.24) is 10.3 Å². The number of aliphatic carboxylic acids is 1. The molecule has 1 unspecified atom stereocenters. The summed E-state index contributed by atoms with van der Waals surface area (Å²) in [6.45, 7) is 0.270. The molecular formula is C16H18N2O4S. The standard InChI is InChI=1S/C16H18N2O4S/c1-22-8-7-13(16(20)21)18-14(19)9-12-10-23-15(17-12)11-5-3-2-4-6-11/h2-6,10,13H,7-9H2,1H3,(H,18,19)(H,20,21). The summed E-state index contributed by atoms with van der Waals surface area (Å²) in [5.41, 5.74) is 1.62. The molecule has 1 atom stereocenters. The predicted molar refractivity (Wildman–Crippen MR) is 87.3 cm³/mol. The van der Waals surface area contributed by atoms with E-state index in [1.807, 2.05) is 35.7 Å². The first-order valence-electron chi connectivity index (χ1n) is 7.11. The smallest absolute Gasteiger partial charge is 0.326 e. The fourth-order valence-electron chi connectivity index (χ4n) is 2.00. The topological polar surface area (TPSA) is 88.5 Å². The van der Waals surface area contributed by atoms with Gasteiger partial charge < -0.3 is 15.2 Å². The quantitative estimate of drug-likeness (QED) is 0.770. The number of hydrogen-bond donors (Lipinski definition) is 2. The lowest BCUT2D eigenvalue weighted by Crippen LogP contribution is -2.42. The Balaban J connectivity index is 1.95. The number of nitrogens with one attached hydrogen (secondary N) is 1. The summed E-state index contributed by atoms with van der Waals surface area (Å²) in [5.74, 6) is -1.43. The Morgan fingerprint density at radius 3 is 2.74 bits per heavy atom. The molecule has 0 spiro atoms. The summed E-state index contributed by atoms with van der Waals surface area (Å²) in [4.78, 5) is 27.5. The van der Waals surface area contributed by atoms with Crippen LogP contribution in [0.4, 0.5) is 0 Å². The number of carboxylic acids is 1. The lowest BCUT2D eigenvalue weighted by atomic mass is 10.2. The van der Waals surface area contributed by atoms with Crippen molar-refractivity contribution in [3.05, 3.63) is 41.4 Å². The Morgan fingerprint density at radius 1 is 1.35 bits per heavy atom. The number of rotatable bonds is 8. The molecule has 1 aromatic carbocycles. The minimum atomic E-state index is -1.07. The summed E-state index contributed by atoms with van der Waals surface area (Å²) < 4.78 is 4.85. The molecular weight excluding hydrogens is 316 g/mol. The van der Waals surface area contributed by atoms with Gasteiger partial charge in [0.15, 0.2) is 0 Å². The summed E-state index contributed by atoms with van der Waals surface area (Å²) in [5, 5.41) is 14.2. The number of ether oxygens (including phenoxy) is 1. The highest BCUT2D eigenvalue weighted by atomic mass is 32.1. The van der Waals surface area contributed by atoms with Crippen molar-refractivity contribution in [3.8, 4) is 10.6 Å². The van der Waals surface area contributed by atoms with E-state index in [4.69, 9.17) is 9.84 Å². The van der Waals surface area contributed by atoms with Crippen LogP contribution in [0.3, 0.4) is 0 Å². The van der Waals surface area contributed by atoms with Crippen molar-refractivity contribution in [2.45, 2.75) is 18.9 Å². The second kappa shape index (κ2) is 8.40.